The number of nitrogens with one attached hydrogen (secondary N) is 2. The van der Waals surface area contributed by atoms with Crippen molar-refractivity contribution in [2.75, 3.05) is 10.6 Å². The number of anilines is 2. The van der Waals surface area contributed by atoms with Crippen LogP contribution in [0.2, 0.25) is 5.28 Å². The highest BCUT2D eigenvalue weighted by Gasteiger charge is 2.21. The smallest absolute Gasteiger partial charge is 0.229 e. The van der Waals surface area contributed by atoms with E-state index in [1.54, 1.807) is 0 Å². The van der Waals surface area contributed by atoms with Gasteiger partial charge in [-0.2, -0.15) is 15.0 Å². The standard InChI is InChI=1S/C16H22ClN5/c1-5-11(2)18-14-19-13(17)20-15(21-14)22-16(3,4)12-9-7-6-8-10-12/h6-11H,5H2,1-4H3,(H2,18,19,20,21,22). The van der Waals surface area contributed by atoms with Crippen LogP contribution in [0.15, 0.2) is 30.3 Å². The fraction of sp³-hybridized carbons (Fsp3) is 0.438. The van der Waals surface area contributed by atoms with Crippen LogP contribution >= 0.6 is 11.6 Å². The van der Waals surface area contributed by atoms with Crippen molar-refractivity contribution in [1.29, 1.82) is 0 Å². The molecular formula is C16H22ClN5. The summed E-state index contributed by atoms with van der Waals surface area (Å²) in [5.41, 5.74) is 0.822. The quantitative estimate of drug-likeness (QED) is 0.840. The van der Waals surface area contributed by atoms with Crippen LogP contribution in [0, 0.1) is 0 Å². The molecule has 22 heavy (non-hydrogen) atoms. The van der Waals surface area contributed by atoms with Gasteiger partial charge in [-0.25, -0.2) is 0 Å². The normalized spacial score (nSPS) is 12.8. The average molecular weight is 320 g/mol. The molecule has 2 N–H and O–H groups in total. The lowest BCUT2D eigenvalue weighted by molar-refractivity contribution is 0.601. The van der Waals surface area contributed by atoms with E-state index >= 15 is 0 Å². The summed E-state index contributed by atoms with van der Waals surface area (Å²) < 4.78 is 0. The molecule has 0 saturated carbocycles. The lowest BCUT2D eigenvalue weighted by atomic mass is 9.95. The minimum atomic E-state index is -0.320. The van der Waals surface area contributed by atoms with Crippen molar-refractivity contribution in [2.24, 2.45) is 0 Å². The molecule has 6 heteroatoms. The van der Waals surface area contributed by atoms with E-state index in [1.165, 1.54) is 0 Å². The third-order valence-electron chi connectivity index (χ3n) is 3.52. The van der Waals surface area contributed by atoms with Gasteiger partial charge in [-0.05, 0) is 44.4 Å². The van der Waals surface area contributed by atoms with E-state index < -0.39 is 0 Å². The number of halogens is 1. The Morgan fingerprint density at radius 2 is 1.73 bits per heavy atom. The van der Waals surface area contributed by atoms with E-state index in [1.807, 2.05) is 18.2 Å². The van der Waals surface area contributed by atoms with Gasteiger partial charge in [-0.3, -0.25) is 0 Å². The number of rotatable bonds is 6. The third-order valence-corrected chi connectivity index (χ3v) is 3.68. The van der Waals surface area contributed by atoms with Gasteiger partial charge in [-0.15, -0.1) is 0 Å². The van der Waals surface area contributed by atoms with Crippen LogP contribution in [0.25, 0.3) is 0 Å². The number of hydrogen-bond acceptors (Lipinski definition) is 5. The van der Waals surface area contributed by atoms with Crippen molar-refractivity contribution in [3.63, 3.8) is 0 Å². The van der Waals surface area contributed by atoms with Gasteiger partial charge in [0.15, 0.2) is 0 Å². The first kappa shape index (κ1) is 16.5. The molecule has 0 fully saturated rings. The zero-order valence-corrected chi connectivity index (χ0v) is 14.1. The molecule has 0 aliphatic rings. The van der Waals surface area contributed by atoms with Gasteiger partial charge in [0.2, 0.25) is 17.2 Å². The minimum absolute atomic E-state index is 0.173. The topological polar surface area (TPSA) is 62.7 Å². The summed E-state index contributed by atoms with van der Waals surface area (Å²) in [7, 11) is 0. The van der Waals surface area contributed by atoms with Crippen molar-refractivity contribution in [3.05, 3.63) is 41.2 Å². The molecule has 2 aromatic rings. The van der Waals surface area contributed by atoms with E-state index in [4.69, 9.17) is 11.6 Å². The van der Waals surface area contributed by atoms with Crippen molar-refractivity contribution < 1.29 is 0 Å². The molecule has 1 heterocycles. The fourth-order valence-electron chi connectivity index (χ4n) is 2.00. The highest BCUT2D eigenvalue weighted by Crippen LogP contribution is 2.24. The number of hydrogen-bond donors (Lipinski definition) is 2. The molecular weight excluding hydrogens is 298 g/mol. The second-order valence-corrected chi connectivity index (χ2v) is 6.16. The summed E-state index contributed by atoms with van der Waals surface area (Å²) >= 11 is 6.01. The van der Waals surface area contributed by atoms with Crippen molar-refractivity contribution in [1.82, 2.24) is 15.0 Å². The minimum Gasteiger partial charge on any atom is -0.352 e. The Hall–Kier alpha value is -1.88. The van der Waals surface area contributed by atoms with Crippen LogP contribution < -0.4 is 10.6 Å². The third kappa shape index (κ3) is 4.31. The summed E-state index contributed by atoms with van der Waals surface area (Å²) in [5, 5.41) is 6.71. The largest absolute Gasteiger partial charge is 0.352 e. The van der Waals surface area contributed by atoms with Crippen molar-refractivity contribution in [2.45, 2.75) is 45.7 Å². The van der Waals surface area contributed by atoms with Gasteiger partial charge >= 0.3 is 0 Å². The van der Waals surface area contributed by atoms with E-state index in [-0.39, 0.29) is 16.9 Å². The number of benzene rings is 1. The maximum absolute atomic E-state index is 6.01. The van der Waals surface area contributed by atoms with Gasteiger partial charge in [0.05, 0.1) is 5.54 Å². The summed E-state index contributed by atoms with van der Waals surface area (Å²) in [4.78, 5) is 12.7. The molecule has 0 saturated heterocycles. The molecule has 1 aromatic heterocycles. The summed E-state index contributed by atoms with van der Waals surface area (Å²) in [6, 6.07) is 10.4. The highest BCUT2D eigenvalue weighted by molar-refractivity contribution is 6.28. The molecule has 0 amide bonds. The summed E-state index contributed by atoms with van der Waals surface area (Å²) in [5.74, 6) is 0.945. The van der Waals surface area contributed by atoms with Crippen LogP contribution in [-0.2, 0) is 5.54 Å². The van der Waals surface area contributed by atoms with Crippen LogP contribution in [-0.4, -0.2) is 21.0 Å². The van der Waals surface area contributed by atoms with E-state index in [9.17, 15) is 0 Å². The van der Waals surface area contributed by atoms with Gasteiger partial charge in [0.1, 0.15) is 0 Å². The van der Waals surface area contributed by atoms with Gasteiger partial charge < -0.3 is 10.6 Å². The first-order chi connectivity index (χ1) is 10.4. The zero-order valence-electron chi connectivity index (χ0n) is 13.4. The Bertz CT molecular complexity index is 615. The van der Waals surface area contributed by atoms with Crippen LogP contribution in [0.3, 0.4) is 0 Å². The molecule has 118 valence electrons. The molecule has 2 rings (SSSR count). The Morgan fingerprint density at radius 1 is 1.09 bits per heavy atom. The predicted octanol–water partition coefficient (Wildman–Crippen LogP) is 4.08. The first-order valence-corrected chi connectivity index (χ1v) is 7.80. The van der Waals surface area contributed by atoms with Crippen molar-refractivity contribution in [3.8, 4) is 0 Å². The zero-order chi connectivity index (χ0) is 16.2. The lowest BCUT2D eigenvalue weighted by Gasteiger charge is -2.27. The van der Waals surface area contributed by atoms with Crippen LogP contribution in [0.1, 0.15) is 39.7 Å². The number of aromatic nitrogens is 3. The van der Waals surface area contributed by atoms with Gasteiger partial charge in [-0.1, -0.05) is 37.3 Å². The van der Waals surface area contributed by atoms with Crippen LogP contribution in [0.4, 0.5) is 11.9 Å². The monoisotopic (exact) mass is 319 g/mol. The lowest BCUT2D eigenvalue weighted by Crippen LogP contribution is -2.29. The van der Waals surface area contributed by atoms with E-state index in [2.05, 4.69) is 65.4 Å². The fourth-order valence-corrected chi connectivity index (χ4v) is 2.16. The first-order valence-electron chi connectivity index (χ1n) is 7.42. The molecule has 0 aliphatic carbocycles. The SMILES string of the molecule is CCC(C)Nc1nc(Cl)nc(NC(C)(C)c2ccccc2)n1. The molecule has 1 unspecified atom stereocenters. The van der Waals surface area contributed by atoms with Gasteiger partial charge in [0.25, 0.3) is 0 Å². The molecule has 0 aliphatic heterocycles. The number of nitrogens with zero attached hydrogens (tertiary/aromatic N) is 3. The second kappa shape index (κ2) is 6.92. The molecule has 0 radical (unpaired) electrons. The maximum Gasteiger partial charge on any atom is 0.229 e. The Kier molecular flexibility index (Phi) is 5.19. The molecule has 1 atom stereocenters. The van der Waals surface area contributed by atoms with E-state index in [0.29, 0.717) is 11.9 Å². The van der Waals surface area contributed by atoms with E-state index in [0.717, 1.165) is 12.0 Å². The molecule has 0 bridgehead atoms. The summed E-state index contributed by atoms with van der Waals surface area (Å²) in [6.07, 6.45) is 0.974. The molecule has 0 spiro atoms. The second-order valence-electron chi connectivity index (χ2n) is 5.82. The molecule has 1 aromatic carbocycles. The Morgan fingerprint density at radius 3 is 2.36 bits per heavy atom. The highest BCUT2D eigenvalue weighted by atomic mass is 35.5. The Balaban J connectivity index is 2.22. The predicted molar refractivity (Wildman–Crippen MR) is 91.3 cm³/mol. The van der Waals surface area contributed by atoms with Gasteiger partial charge in [0, 0.05) is 6.04 Å². The summed E-state index contributed by atoms with van der Waals surface area (Å²) in [6.45, 7) is 8.31. The maximum atomic E-state index is 6.01. The van der Waals surface area contributed by atoms with Crippen molar-refractivity contribution >= 4 is 23.5 Å². The molecule has 5 nitrogen and oxygen atoms in total. The van der Waals surface area contributed by atoms with Crippen LogP contribution in [0.5, 0.6) is 0 Å². The average Bonchev–Trinajstić information content (AvgIpc) is 2.47. The Labute approximate surface area is 136 Å².